The Morgan fingerprint density at radius 2 is 1.17 bits per heavy atom. The van der Waals surface area contributed by atoms with E-state index in [0.717, 1.165) is 5.56 Å². The Morgan fingerprint density at radius 3 is 1.71 bits per heavy atom. The molecule has 0 aliphatic heterocycles. The van der Waals surface area contributed by atoms with Crippen LogP contribution in [-0.4, -0.2) is 36.3 Å². The lowest BCUT2D eigenvalue weighted by atomic mass is 10.1. The number of amides is 1. The van der Waals surface area contributed by atoms with Gasteiger partial charge < -0.3 is 24.3 Å². The molecule has 0 aliphatic rings. The predicted octanol–water partition coefficient (Wildman–Crippen LogP) is 2.76. The summed E-state index contributed by atoms with van der Waals surface area (Å²) in [6, 6.07) is 9.27. The van der Waals surface area contributed by atoms with Crippen LogP contribution < -0.4 is 24.3 Å². The average Bonchev–Trinajstić information content (AvgIpc) is 2.74. The first-order chi connectivity index (χ1) is 16.5. The molecule has 0 unspecified atom stereocenters. The molecule has 0 atom stereocenters. The Bertz CT molecular complexity index is 1170. The molecule has 0 radical (unpaired) electrons. The second kappa shape index (κ2) is 12.7. The first-order valence-corrected chi connectivity index (χ1v) is 10.5. The second-order valence-electron chi connectivity index (χ2n) is 7.24. The van der Waals surface area contributed by atoms with Gasteiger partial charge in [0.25, 0.3) is 0 Å². The van der Waals surface area contributed by atoms with Crippen LogP contribution in [0.5, 0.6) is 23.0 Å². The molecule has 0 aliphatic carbocycles. The summed E-state index contributed by atoms with van der Waals surface area (Å²) >= 11 is 0. The van der Waals surface area contributed by atoms with Crippen molar-refractivity contribution in [3.05, 3.63) is 53.6 Å². The van der Waals surface area contributed by atoms with Crippen molar-refractivity contribution < 1.29 is 42.9 Å². The van der Waals surface area contributed by atoms with E-state index in [1.807, 2.05) is 0 Å². The lowest BCUT2D eigenvalue weighted by Crippen LogP contribution is -2.23. The lowest BCUT2D eigenvalue weighted by Gasteiger charge is -2.11. The fourth-order valence-electron chi connectivity index (χ4n) is 2.84. The minimum atomic E-state index is -0.588. The van der Waals surface area contributed by atoms with Crippen LogP contribution in [0.4, 0.5) is 0 Å². The number of hydrogen-bond acceptors (Lipinski definition) is 9. The normalized spacial score (nSPS) is 10.4. The maximum Gasteiger partial charge on any atom is 0.308 e. The van der Waals surface area contributed by atoms with E-state index in [1.54, 1.807) is 18.2 Å². The van der Waals surface area contributed by atoms with Crippen LogP contribution in [0.1, 0.15) is 38.8 Å². The summed E-state index contributed by atoms with van der Waals surface area (Å²) in [5.41, 5.74) is 1.29. The van der Waals surface area contributed by atoms with E-state index in [1.165, 1.54) is 58.0 Å². The lowest BCUT2D eigenvalue weighted by molar-refractivity contribution is -0.134. The van der Waals surface area contributed by atoms with E-state index < -0.39 is 23.9 Å². The molecule has 1 amide bonds. The molecular formula is C25H25NO9. The quantitative estimate of drug-likeness (QED) is 0.324. The number of rotatable bonds is 9. The number of hydrogen-bond donors (Lipinski definition) is 1. The summed E-state index contributed by atoms with van der Waals surface area (Å²) in [7, 11) is 0. The van der Waals surface area contributed by atoms with E-state index in [4.69, 9.17) is 18.9 Å². The number of benzene rings is 2. The van der Waals surface area contributed by atoms with Crippen molar-refractivity contribution in [1.29, 1.82) is 0 Å². The highest BCUT2D eigenvalue weighted by molar-refractivity contribution is 5.91. The third-order valence-electron chi connectivity index (χ3n) is 4.13. The summed E-state index contributed by atoms with van der Waals surface area (Å²) in [6.07, 6.45) is 3.22. The minimum absolute atomic E-state index is 0.0519. The van der Waals surface area contributed by atoms with Gasteiger partial charge in [0.2, 0.25) is 5.91 Å². The third-order valence-corrected chi connectivity index (χ3v) is 4.13. The van der Waals surface area contributed by atoms with Gasteiger partial charge in [-0.2, -0.15) is 0 Å². The van der Waals surface area contributed by atoms with Crippen LogP contribution in [0.2, 0.25) is 0 Å². The maximum atomic E-state index is 12.2. The highest BCUT2D eigenvalue weighted by Crippen LogP contribution is 2.30. The predicted molar refractivity (Wildman–Crippen MR) is 124 cm³/mol. The Hall–Kier alpha value is -4.47. The van der Waals surface area contributed by atoms with Crippen molar-refractivity contribution >= 4 is 35.9 Å². The molecule has 2 aromatic carbocycles. The molecular weight excluding hydrogens is 458 g/mol. The SMILES string of the molecule is CC(=O)Oc1ccc(C=CC(=O)NCCc2ccc(OC(C)=O)c(OC(C)=O)c2)cc1OC(C)=O. The van der Waals surface area contributed by atoms with Gasteiger partial charge in [-0.05, 0) is 47.9 Å². The van der Waals surface area contributed by atoms with Crippen LogP contribution in [0.3, 0.4) is 0 Å². The molecule has 0 aromatic heterocycles. The summed E-state index contributed by atoms with van der Waals surface area (Å²) in [5, 5.41) is 2.72. The molecule has 10 heteroatoms. The Kier molecular flexibility index (Phi) is 9.71. The number of esters is 4. The van der Waals surface area contributed by atoms with Crippen molar-refractivity contribution in [2.45, 2.75) is 34.1 Å². The van der Waals surface area contributed by atoms with Gasteiger partial charge in [-0.3, -0.25) is 24.0 Å². The highest BCUT2D eigenvalue weighted by atomic mass is 16.6. The molecule has 0 spiro atoms. The van der Waals surface area contributed by atoms with Crippen LogP contribution in [0, 0.1) is 0 Å². The van der Waals surface area contributed by atoms with Crippen molar-refractivity contribution in [3.8, 4) is 23.0 Å². The maximum absolute atomic E-state index is 12.2. The molecule has 184 valence electrons. The van der Waals surface area contributed by atoms with Crippen molar-refractivity contribution in [3.63, 3.8) is 0 Å². The van der Waals surface area contributed by atoms with Gasteiger partial charge in [0.15, 0.2) is 23.0 Å². The first kappa shape index (κ1) is 26.8. The Balaban J connectivity index is 2.00. The van der Waals surface area contributed by atoms with Gasteiger partial charge >= 0.3 is 23.9 Å². The van der Waals surface area contributed by atoms with Gasteiger partial charge in [-0.1, -0.05) is 12.1 Å². The molecule has 0 saturated heterocycles. The smallest absolute Gasteiger partial charge is 0.308 e. The number of nitrogens with one attached hydrogen (secondary N) is 1. The van der Waals surface area contributed by atoms with E-state index in [2.05, 4.69) is 5.32 Å². The minimum Gasteiger partial charge on any atom is -0.423 e. The molecule has 10 nitrogen and oxygen atoms in total. The summed E-state index contributed by atoms with van der Waals surface area (Å²) in [5.74, 6) is -2.28. The largest absolute Gasteiger partial charge is 0.423 e. The van der Waals surface area contributed by atoms with Gasteiger partial charge in [0, 0.05) is 40.3 Å². The average molecular weight is 483 g/mol. The zero-order valence-corrected chi connectivity index (χ0v) is 19.7. The second-order valence-corrected chi connectivity index (χ2v) is 7.24. The van der Waals surface area contributed by atoms with Gasteiger partial charge in [0.05, 0.1) is 0 Å². The topological polar surface area (TPSA) is 134 Å². The molecule has 1 N–H and O–H groups in total. The third kappa shape index (κ3) is 9.50. The summed E-state index contributed by atoms with van der Waals surface area (Å²) < 4.78 is 20.2. The monoisotopic (exact) mass is 483 g/mol. The first-order valence-electron chi connectivity index (χ1n) is 10.5. The van der Waals surface area contributed by atoms with Crippen LogP contribution >= 0.6 is 0 Å². The standard InChI is InChI=1S/C25H25NO9/c1-15(27)32-21-8-5-19(13-23(21)34-17(3)29)7-10-25(31)26-12-11-20-6-9-22(33-16(2)28)24(14-20)35-18(4)30/h5-10,13-14H,11-12H2,1-4H3,(H,26,31). The zero-order chi connectivity index (χ0) is 26.0. The van der Waals surface area contributed by atoms with E-state index in [-0.39, 0.29) is 35.4 Å². The Morgan fingerprint density at radius 1 is 0.686 bits per heavy atom. The zero-order valence-electron chi connectivity index (χ0n) is 19.7. The fourth-order valence-corrected chi connectivity index (χ4v) is 2.84. The van der Waals surface area contributed by atoms with Crippen LogP contribution in [-0.2, 0) is 30.4 Å². The highest BCUT2D eigenvalue weighted by Gasteiger charge is 2.12. The van der Waals surface area contributed by atoms with E-state index in [0.29, 0.717) is 12.0 Å². The number of carbonyl (C=O) groups is 5. The summed E-state index contributed by atoms with van der Waals surface area (Å²) in [6.45, 7) is 5.18. The Labute approximate surface area is 201 Å². The molecule has 0 saturated carbocycles. The van der Waals surface area contributed by atoms with Crippen LogP contribution in [0.25, 0.3) is 6.08 Å². The number of ether oxygens (including phenoxy) is 4. The van der Waals surface area contributed by atoms with Crippen LogP contribution in [0.15, 0.2) is 42.5 Å². The summed E-state index contributed by atoms with van der Waals surface area (Å²) in [4.78, 5) is 57.2. The van der Waals surface area contributed by atoms with E-state index in [9.17, 15) is 24.0 Å². The number of carbonyl (C=O) groups excluding carboxylic acids is 5. The van der Waals surface area contributed by atoms with Crippen molar-refractivity contribution in [2.24, 2.45) is 0 Å². The van der Waals surface area contributed by atoms with Gasteiger partial charge in [0.1, 0.15) is 0 Å². The molecule has 0 fully saturated rings. The van der Waals surface area contributed by atoms with Crippen molar-refractivity contribution in [2.75, 3.05) is 6.54 Å². The molecule has 2 rings (SSSR count). The molecule has 0 heterocycles. The van der Waals surface area contributed by atoms with Gasteiger partial charge in [-0.25, -0.2) is 0 Å². The molecule has 2 aromatic rings. The van der Waals surface area contributed by atoms with Crippen molar-refractivity contribution in [1.82, 2.24) is 5.32 Å². The molecule has 0 bridgehead atoms. The fraction of sp³-hybridized carbons (Fsp3) is 0.240. The van der Waals surface area contributed by atoms with Gasteiger partial charge in [-0.15, -0.1) is 0 Å². The molecule has 35 heavy (non-hydrogen) atoms. The van der Waals surface area contributed by atoms with E-state index >= 15 is 0 Å².